The number of carbonyl (C=O) groups is 1. The second-order valence-electron chi connectivity index (χ2n) is 7.99. The Kier molecular flexibility index (Phi) is 4.83. The van der Waals surface area contributed by atoms with Crippen LogP contribution in [0.4, 0.5) is 4.79 Å². The molecule has 1 N–H and O–H groups in total. The topological polar surface area (TPSA) is 53.0 Å². The van der Waals surface area contributed by atoms with Crippen molar-refractivity contribution in [2.24, 2.45) is 11.8 Å². The van der Waals surface area contributed by atoms with Crippen LogP contribution in [0.5, 0.6) is 0 Å². The van der Waals surface area contributed by atoms with E-state index in [9.17, 15) is 9.90 Å². The number of fused-ring (bicyclic) bond motifs is 1. The minimum absolute atomic E-state index is 0.000410. The van der Waals surface area contributed by atoms with Gasteiger partial charge < -0.3 is 14.7 Å². The Bertz CT molecular complexity index is 570. The zero-order chi connectivity index (χ0) is 17.3. The molecule has 1 aromatic carbocycles. The smallest absolute Gasteiger partial charge is 0.410 e. The van der Waals surface area contributed by atoms with Gasteiger partial charge in [-0.1, -0.05) is 30.3 Å². The Morgan fingerprint density at radius 2 is 1.92 bits per heavy atom. The van der Waals surface area contributed by atoms with Crippen molar-refractivity contribution in [2.75, 3.05) is 26.2 Å². The maximum Gasteiger partial charge on any atom is 0.410 e. The van der Waals surface area contributed by atoms with Gasteiger partial charge >= 0.3 is 6.09 Å². The lowest BCUT2D eigenvalue weighted by atomic mass is 9.95. The number of benzene rings is 1. The fourth-order valence-corrected chi connectivity index (χ4v) is 3.97. The molecule has 0 aromatic heterocycles. The standard InChI is InChI=1S/C19H28N2O3/c1-19(2,3)24-18(23)21-11-15-10-20(12-16(15)17(21)13-22)9-14-7-5-4-6-8-14/h4-8,15-17,22H,9-13H2,1-3H3/t15-,16-,17+/m0/s1. The number of nitrogens with zero attached hydrogens (tertiary/aromatic N) is 2. The summed E-state index contributed by atoms with van der Waals surface area (Å²) >= 11 is 0. The molecule has 0 bridgehead atoms. The second kappa shape index (κ2) is 6.73. The van der Waals surface area contributed by atoms with Crippen molar-refractivity contribution >= 4 is 6.09 Å². The molecule has 2 aliphatic rings. The Morgan fingerprint density at radius 1 is 1.21 bits per heavy atom. The number of hydrogen-bond acceptors (Lipinski definition) is 4. The van der Waals surface area contributed by atoms with Crippen LogP contribution in [0.3, 0.4) is 0 Å². The second-order valence-corrected chi connectivity index (χ2v) is 7.99. The van der Waals surface area contributed by atoms with Crippen molar-refractivity contribution < 1.29 is 14.6 Å². The molecule has 1 aromatic rings. The minimum Gasteiger partial charge on any atom is -0.444 e. The number of likely N-dealkylation sites (tertiary alicyclic amines) is 2. The molecule has 0 unspecified atom stereocenters. The van der Waals surface area contributed by atoms with Gasteiger partial charge in [0, 0.05) is 32.1 Å². The molecule has 1 amide bonds. The number of aliphatic hydroxyl groups is 1. The average molecular weight is 332 g/mol. The summed E-state index contributed by atoms with van der Waals surface area (Å²) in [7, 11) is 0. The Hall–Kier alpha value is -1.59. The number of ether oxygens (including phenoxy) is 1. The minimum atomic E-state index is -0.506. The molecule has 2 saturated heterocycles. The zero-order valence-corrected chi connectivity index (χ0v) is 14.8. The van der Waals surface area contributed by atoms with Gasteiger partial charge in [0.1, 0.15) is 5.60 Å². The van der Waals surface area contributed by atoms with E-state index in [0.717, 1.165) is 19.6 Å². The van der Waals surface area contributed by atoms with Crippen LogP contribution < -0.4 is 0 Å². The lowest BCUT2D eigenvalue weighted by Crippen LogP contribution is -2.44. The van der Waals surface area contributed by atoms with Crippen LogP contribution in [0.1, 0.15) is 26.3 Å². The molecule has 0 spiro atoms. The molecule has 2 aliphatic heterocycles. The summed E-state index contributed by atoms with van der Waals surface area (Å²) in [5, 5.41) is 9.84. The first kappa shape index (κ1) is 17.2. The van der Waals surface area contributed by atoms with Gasteiger partial charge in [-0.3, -0.25) is 4.90 Å². The predicted molar refractivity (Wildman–Crippen MR) is 92.5 cm³/mol. The van der Waals surface area contributed by atoms with Crippen molar-refractivity contribution in [1.82, 2.24) is 9.80 Å². The third-order valence-corrected chi connectivity index (χ3v) is 4.96. The number of aliphatic hydroxyl groups excluding tert-OH is 1. The molecule has 24 heavy (non-hydrogen) atoms. The van der Waals surface area contributed by atoms with Crippen molar-refractivity contribution in [3.63, 3.8) is 0 Å². The van der Waals surface area contributed by atoms with Crippen molar-refractivity contribution in [1.29, 1.82) is 0 Å². The first-order valence-electron chi connectivity index (χ1n) is 8.74. The summed E-state index contributed by atoms with van der Waals surface area (Å²) in [6.07, 6.45) is -0.300. The summed E-state index contributed by atoms with van der Waals surface area (Å²) in [5.41, 5.74) is 0.802. The van der Waals surface area contributed by atoms with Crippen LogP contribution in [0.15, 0.2) is 30.3 Å². The molecule has 0 aliphatic carbocycles. The van der Waals surface area contributed by atoms with Crippen LogP contribution in [-0.4, -0.2) is 58.9 Å². The highest BCUT2D eigenvalue weighted by atomic mass is 16.6. The molecule has 5 nitrogen and oxygen atoms in total. The monoisotopic (exact) mass is 332 g/mol. The normalized spacial score (nSPS) is 27.3. The molecule has 132 valence electrons. The fraction of sp³-hybridized carbons (Fsp3) is 0.632. The Balaban J connectivity index is 1.62. The van der Waals surface area contributed by atoms with E-state index in [2.05, 4.69) is 29.2 Å². The first-order chi connectivity index (χ1) is 11.4. The maximum absolute atomic E-state index is 12.4. The Morgan fingerprint density at radius 3 is 2.54 bits per heavy atom. The van der Waals surface area contributed by atoms with E-state index in [4.69, 9.17) is 4.74 Å². The third-order valence-electron chi connectivity index (χ3n) is 4.96. The summed E-state index contributed by atoms with van der Waals surface area (Å²) in [6.45, 7) is 9.11. The Labute approximate surface area is 144 Å². The molecule has 2 fully saturated rings. The zero-order valence-electron chi connectivity index (χ0n) is 14.8. The van der Waals surface area contributed by atoms with Crippen molar-refractivity contribution in [3.05, 3.63) is 35.9 Å². The molecular weight excluding hydrogens is 304 g/mol. The highest BCUT2D eigenvalue weighted by molar-refractivity contribution is 5.69. The van der Waals surface area contributed by atoms with Gasteiger partial charge in [-0.2, -0.15) is 0 Å². The van der Waals surface area contributed by atoms with Crippen LogP contribution >= 0.6 is 0 Å². The molecule has 2 heterocycles. The van der Waals surface area contributed by atoms with Gasteiger partial charge in [0.05, 0.1) is 12.6 Å². The molecule has 3 rings (SSSR count). The van der Waals surface area contributed by atoms with E-state index in [1.54, 1.807) is 4.90 Å². The molecule has 3 atom stereocenters. The van der Waals surface area contributed by atoms with Crippen molar-refractivity contribution in [2.45, 2.75) is 39.0 Å². The van der Waals surface area contributed by atoms with Gasteiger partial charge in [0.25, 0.3) is 0 Å². The summed E-state index contributed by atoms with van der Waals surface area (Å²) in [6, 6.07) is 10.3. The largest absolute Gasteiger partial charge is 0.444 e. The van der Waals surface area contributed by atoms with Gasteiger partial charge in [-0.05, 0) is 32.3 Å². The SMILES string of the molecule is CC(C)(C)OC(=O)N1C[C@@H]2CN(Cc3ccccc3)C[C@@H]2[C@H]1CO. The van der Waals surface area contributed by atoms with Crippen molar-refractivity contribution in [3.8, 4) is 0 Å². The van der Waals surface area contributed by atoms with Gasteiger partial charge in [0.2, 0.25) is 0 Å². The lowest BCUT2D eigenvalue weighted by Gasteiger charge is -2.30. The summed E-state index contributed by atoms with van der Waals surface area (Å²) in [4.78, 5) is 16.6. The van der Waals surface area contributed by atoms with Gasteiger partial charge in [-0.25, -0.2) is 4.79 Å². The number of carbonyl (C=O) groups excluding carboxylic acids is 1. The molecule has 5 heteroatoms. The predicted octanol–water partition coefficient (Wildman–Crippen LogP) is 2.35. The van der Waals surface area contributed by atoms with Crippen LogP contribution in [0.25, 0.3) is 0 Å². The van der Waals surface area contributed by atoms with E-state index in [1.165, 1.54) is 5.56 Å². The third kappa shape index (κ3) is 3.73. The summed E-state index contributed by atoms with van der Waals surface area (Å²) < 4.78 is 5.50. The quantitative estimate of drug-likeness (QED) is 0.923. The van der Waals surface area contributed by atoms with E-state index < -0.39 is 5.60 Å². The number of hydrogen-bond donors (Lipinski definition) is 1. The highest BCUT2D eigenvalue weighted by Gasteiger charge is 2.49. The molecule has 0 radical (unpaired) electrons. The fourth-order valence-electron chi connectivity index (χ4n) is 3.97. The van der Waals surface area contributed by atoms with E-state index in [0.29, 0.717) is 18.4 Å². The average Bonchev–Trinajstić information content (AvgIpc) is 3.03. The van der Waals surface area contributed by atoms with Crippen LogP contribution in [0, 0.1) is 11.8 Å². The van der Waals surface area contributed by atoms with Crippen LogP contribution in [-0.2, 0) is 11.3 Å². The van der Waals surface area contributed by atoms with E-state index in [-0.39, 0.29) is 18.7 Å². The highest BCUT2D eigenvalue weighted by Crippen LogP contribution is 2.37. The van der Waals surface area contributed by atoms with E-state index in [1.807, 2.05) is 26.8 Å². The molecule has 0 saturated carbocycles. The number of amides is 1. The van der Waals surface area contributed by atoms with Gasteiger partial charge in [0.15, 0.2) is 0 Å². The maximum atomic E-state index is 12.4. The van der Waals surface area contributed by atoms with E-state index >= 15 is 0 Å². The number of rotatable bonds is 3. The van der Waals surface area contributed by atoms with Crippen LogP contribution in [0.2, 0.25) is 0 Å². The summed E-state index contributed by atoms with van der Waals surface area (Å²) in [5.74, 6) is 0.740. The van der Waals surface area contributed by atoms with Gasteiger partial charge in [-0.15, -0.1) is 0 Å². The first-order valence-corrected chi connectivity index (χ1v) is 8.74. The molecular formula is C19H28N2O3. The lowest BCUT2D eigenvalue weighted by molar-refractivity contribution is 0.0129.